The van der Waals surface area contributed by atoms with Gasteiger partial charge in [0.05, 0.1) is 0 Å². The second kappa shape index (κ2) is 6.07. The molecule has 104 valence electrons. The van der Waals surface area contributed by atoms with E-state index in [0.717, 1.165) is 25.9 Å². The fourth-order valence-electron chi connectivity index (χ4n) is 2.06. The van der Waals surface area contributed by atoms with E-state index in [9.17, 15) is 4.79 Å². The fraction of sp³-hybridized carbons (Fsp3) is 0.846. The number of guanidine groups is 1. The molecular weight excluding hydrogens is 228 g/mol. The first-order chi connectivity index (χ1) is 8.29. The average Bonchev–Trinajstić information content (AvgIpc) is 2.26. The molecule has 1 heterocycles. The number of hydrogen-bond donors (Lipinski definition) is 2. The van der Waals surface area contributed by atoms with Crippen molar-refractivity contribution in [1.82, 2.24) is 10.2 Å². The Bertz CT molecular complexity index is 313. The summed E-state index contributed by atoms with van der Waals surface area (Å²) in [5.74, 6) is 0.411. The van der Waals surface area contributed by atoms with Crippen molar-refractivity contribution in [2.24, 2.45) is 10.7 Å². The third kappa shape index (κ3) is 4.94. The van der Waals surface area contributed by atoms with Crippen LogP contribution in [0.1, 0.15) is 47.0 Å². The lowest BCUT2D eigenvalue weighted by atomic mass is 10.1. The minimum Gasteiger partial charge on any atom is -0.370 e. The molecule has 0 aliphatic carbocycles. The van der Waals surface area contributed by atoms with E-state index >= 15 is 0 Å². The highest BCUT2D eigenvalue weighted by molar-refractivity contribution is 5.86. The smallest absolute Gasteiger partial charge is 0.247 e. The molecule has 0 aromatic carbocycles. The zero-order valence-corrected chi connectivity index (χ0v) is 12.0. The molecule has 1 rings (SSSR count). The van der Waals surface area contributed by atoms with Crippen LogP contribution in [-0.4, -0.2) is 41.4 Å². The molecule has 1 aliphatic rings. The number of piperidine rings is 1. The van der Waals surface area contributed by atoms with Crippen molar-refractivity contribution >= 4 is 11.9 Å². The first-order valence-electron chi connectivity index (χ1n) is 6.70. The minimum atomic E-state index is -0.405. The van der Waals surface area contributed by atoms with Crippen LogP contribution in [0.25, 0.3) is 0 Å². The molecule has 0 spiro atoms. The van der Waals surface area contributed by atoms with Gasteiger partial charge in [-0.15, -0.1) is 0 Å². The van der Waals surface area contributed by atoms with Crippen LogP contribution in [0, 0.1) is 0 Å². The fourth-order valence-corrected chi connectivity index (χ4v) is 2.06. The lowest BCUT2D eigenvalue weighted by molar-refractivity contribution is -0.133. The second-order valence-corrected chi connectivity index (χ2v) is 5.95. The van der Waals surface area contributed by atoms with Gasteiger partial charge < -0.3 is 16.0 Å². The number of aliphatic imine (C=N–C) groups is 1. The molecular formula is C13H26N4O. The number of likely N-dealkylation sites (tertiary alicyclic amines) is 1. The van der Waals surface area contributed by atoms with Gasteiger partial charge in [-0.1, -0.05) is 0 Å². The summed E-state index contributed by atoms with van der Waals surface area (Å²) in [4.78, 5) is 18.3. The minimum absolute atomic E-state index is 0.0772. The molecule has 1 saturated heterocycles. The standard InChI is InChI=1S/C13H26N4O/c1-10(15-12(14)16-13(2,3)4)11(18)17-8-6-5-7-9-17/h10H,5-9H2,1-4H3,(H3,14,15,16). The highest BCUT2D eigenvalue weighted by Gasteiger charge is 2.22. The van der Waals surface area contributed by atoms with Crippen LogP contribution in [0.5, 0.6) is 0 Å². The van der Waals surface area contributed by atoms with E-state index in [2.05, 4.69) is 10.3 Å². The molecule has 0 saturated carbocycles. The molecule has 5 nitrogen and oxygen atoms in total. The number of nitrogens with two attached hydrogens (primary N) is 1. The van der Waals surface area contributed by atoms with Crippen molar-refractivity contribution in [2.75, 3.05) is 13.1 Å². The predicted molar refractivity (Wildman–Crippen MR) is 74.4 cm³/mol. The summed E-state index contributed by atoms with van der Waals surface area (Å²) in [5, 5.41) is 3.06. The van der Waals surface area contributed by atoms with Gasteiger partial charge in [0.15, 0.2) is 5.96 Å². The van der Waals surface area contributed by atoms with Crippen molar-refractivity contribution in [3.8, 4) is 0 Å². The summed E-state index contributed by atoms with van der Waals surface area (Å²) >= 11 is 0. The van der Waals surface area contributed by atoms with E-state index in [4.69, 9.17) is 5.73 Å². The molecule has 5 heteroatoms. The van der Waals surface area contributed by atoms with Crippen LogP contribution in [0.4, 0.5) is 0 Å². The van der Waals surface area contributed by atoms with Crippen molar-refractivity contribution in [1.29, 1.82) is 0 Å². The zero-order valence-electron chi connectivity index (χ0n) is 12.0. The predicted octanol–water partition coefficient (Wildman–Crippen LogP) is 1.09. The number of carbonyl (C=O) groups excluding carboxylic acids is 1. The molecule has 1 aliphatic heterocycles. The van der Waals surface area contributed by atoms with Crippen LogP contribution in [-0.2, 0) is 4.79 Å². The van der Waals surface area contributed by atoms with Gasteiger partial charge in [0.1, 0.15) is 6.04 Å². The highest BCUT2D eigenvalue weighted by Crippen LogP contribution is 2.11. The molecule has 0 aromatic rings. The van der Waals surface area contributed by atoms with Crippen LogP contribution >= 0.6 is 0 Å². The van der Waals surface area contributed by atoms with Gasteiger partial charge in [0.2, 0.25) is 5.91 Å². The molecule has 0 aromatic heterocycles. The molecule has 0 bridgehead atoms. The van der Waals surface area contributed by atoms with Gasteiger partial charge in [-0.3, -0.25) is 4.79 Å². The summed E-state index contributed by atoms with van der Waals surface area (Å²) in [6, 6.07) is -0.405. The maximum atomic E-state index is 12.1. The number of amides is 1. The largest absolute Gasteiger partial charge is 0.370 e. The molecule has 0 radical (unpaired) electrons. The maximum absolute atomic E-state index is 12.1. The van der Waals surface area contributed by atoms with Crippen LogP contribution in [0.3, 0.4) is 0 Å². The maximum Gasteiger partial charge on any atom is 0.247 e. The van der Waals surface area contributed by atoms with Gasteiger partial charge in [-0.25, -0.2) is 4.99 Å². The summed E-state index contributed by atoms with van der Waals surface area (Å²) < 4.78 is 0. The van der Waals surface area contributed by atoms with Crippen molar-refractivity contribution in [2.45, 2.75) is 58.5 Å². The summed E-state index contributed by atoms with van der Waals surface area (Å²) in [6.45, 7) is 9.52. The number of nitrogens with zero attached hydrogens (tertiary/aromatic N) is 2. The lowest BCUT2D eigenvalue weighted by Crippen LogP contribution is -2.47. The molecule has 1 unspecified atom stereocenters. The quantitative estimate of drug-likeness (QED) is 0.572. The Morgan fingerprint density at radius 3 is 2.33 bits per heavy atom. The first kappa shape index (κ1) is 14.8. The number of nitrogens with one attached hydrogen (secondary N) is 1. The first-order valence-corrected chi connectivity index (χ1v) is 6.70. The Hall–Kier alpha value is -1.26. The lowest BCUT2D eigenvalue weighted by Gasteiger charge is -2.28. The highest BCUT2D eigenvalue weighted by atomic mass is 16.2. The number of carbonyl (C=O) groups is 1. The molecule has 18 heavy (non-hydrogen) atoms. The summed E-state index contributed by atoms with van der Waals surface area (Å²) in [5.41, 5.74) is 5.66. The van der Waals surface area contributed by atoms with Crippen molar-refractivity contribution in [3.63, 3.8) is 0 Å². The monoisotopic (exact) mass is 254 g/mol. The zero-order chi connectivity index (χ0) is 13.8. The second-order valence-electron chi connectivity index (χ2n) is 5.95. The summed E-state index contributed by atoms with van der Waals surface area (Å²) in [7, 11) is 0. The van der Waals surface area contributed by atoms with E-state index in [0.29, 0.717) is 5.96 Å². The van der Waals surface area contributed by atoms with Gasteiger partial charge >= 0.3 is 0 Å². The Kier molecular flexibility index (Phi) is 4.99. The van der Waals surface area contributed by atoms with Gasteiger partial charge in [-0.2, -0.15) is 0 Å². The van der Waals surface area contributed by atoms with E-state index in [1.54, 1.807) is 6.92 Å². The van der Waals surface area contributed by atoms with Gasteiger partial charge in [0, 0.05) is 18.6 Å². The third-order valence-electron chi connectivity index (χ3n) is 2.86. The van der Waals surface area contributed by atoms with Crippen molar-refractivity contribution < 1.29 is 4.79 Å². The van der Waals surface area contributed by atoms with E-state index in [-0.39, 0.29) is 11.4 Å². The van der Waals surface area contributed by atoms with Crippen molar-refractivity contribution in [3.05, 3.63) is 0 Å². The van der Waals surface area contributed by atoms with E-state index in [1.165, 1.54) is 6.42 Å². The molecule has 1 amide bonds. The Morgan fingerprint density at radius 1 is 1.28 bits per heavy atom. The van der Waals surface area contributed by atoms with E-state index < -0.39 is 6.04 Å². The summed E-state index contributed by atoms with van der Waals surface area (Å²) in [6.07, 6.45) is 3.41. The SMILES string of the molecule is CC(N=C(N)NC(C)(C)C)C(=O)N1CCCCC1. The van der Waals surface area contributed by atoms with Crippen LogP contribution in [0.15, 0.2) is 4.99 Å². The normalized spacial score (nSPS) is 19.6. The molecule has 3 N–H and O–H groups in total. The van der Waals surface area contributed by atoms with Crippen LogP contribution < -0.4 is 11.1 Å². The van der Waals surface area contributed by atoms with Gasteiger partial charge in [-0.05, 0) is 47.0 Å². The Morgan fingerprint density at radius 2 is 1.83 bits per heavy atom. The number of rotatable bonds is 2. The van der Waals surface area contributed by atoms with Gasteiger partial charge in [0.25, 0.3) is 0 Å². The van der Waals surface area contributed by atoms with E-state index in [1.807, 2.05) is 25.7 Å². The Labute approximate surface area is 110 Å². The molecule has 1 fully saturated rings. The Balaban J connectivity index is 2.55. The average molecular weight is 254 g/mol. The van der Waals surface area contributed by atoms with Crippen LogP contribution in [0.2, 0.25) is 0 Å². The number of hydrogen-bond acceptors (Lipinski definition) is 2. The third-order valence-corrected chi connectivity index (χ3v) is 2.86. The topological polar surface area (TPSA) is 70.7 Å². The molecule has 1 atom stereocenters.